The van der Waals surface area contributed by atoms with E-state index in [2.05, 4.69) is 15.3 Å². The summed E-state index contributed by atoms with van der Waals surface area (Å²) in [5.74, 6) is -0.0828. The van der Waals surface area contributed by atoms with Gasteiger partial charge in [0, 0.05) is 18.3 Å². The van der Waals surface area contributed by atoms with Crippen LogP contribution in [0.1, 0.15) is 40.0 Å². The molecule has 0 aliphatic carbocycles. The molecule has 3 rings (SSSR count). The highest BCUT2D eigenvalue weighted by atomic mass is 16.5. The molecule has 0 spiro atoms. The maximum atomic E-state index is 11.9. The molecule has 0 aliphatic rings. The highest BCUT2D eigenvalue weighted by Gasteiger charge is 2.07. The SMILES string of the molecule is COC(=O)c1ccc(CCCCn2cc(Cn3cc(C)c(N)nc3=O)nn2)cc1. The van der Waals surface area contributed by atoms with Crippen LogP contribution in [0, 0.1) is 6.92 Å². The number of methoxy groups -OCH3 is 1. The second kappa shape index (κ2) is 9.13. The van der Waals surface area contributed by atoms with Crippen molar-refractivity contribution in [2.24, 2.45) is 0 Å². The molecule has 9 heteroatoms. The number of ether oxygens (including phenoxy) is 1. The summed E-state index contributed by atoms with van der Waals surface area (Å²) in [5.41, 5.74) is 8.40. The van der Waals surface area contributed by atoms with Crippen LogP contribution < -0.4 is 11.4 Å². The fourth-order valence-corrected chi connectivity index (χ4v) is 2.95. The number of nitrogens with two attached hydrogens (primary N) is 1. The Labute approximate surface area is 168 Å². The molecular weight excluding hydrogens is 372 g/mol. The molecule has 0 atom stereocenters. The maximum absolute atomic E-state index is 11.9. The van der Waals surface area contributed by atoms with Gasteiger partial charge in [0.2, 0.25) is 0 Å². The molecule has 0 saturated carbocycles. The van der Waals surface area contributed by atoms with E-state index in [4.69, 9.17) is 10.5 Å². The van der Waals surface area contributed by atoms with Gasteiger partial charge in [-0.05, 0) is 43.9 Å². The van der Waals surface area contributed by atoms with Gasteiger partial charge in [-0.2, -0.15) is 4.98 Å². The van der Waals surface area contributed by atoms with E-state index in [1.807, 2.05) is 18.3 Å². The van der Waals surface area contributed by atoms with Gasteiger partial charge in [-0.3, -0.25) is 9.25 Å². The van der Waals surface area contributed by atoms with E-state index in [9.17, 15) is 9.59 Å². The lowest BCUT2D eigenvalue weighted by Gasteiger charge is -2.05. The summed E-state index contributed by atoms with van der Waals surface area (Å²) in [6.07, 6.45) is 6.34. The van der Waals surface area contributed by atoms with Crippen LogP contribution in [0.3, 0.4) is 0 Å². The van der Waals surface area contributed by atoms with Crippen molar-refractivity contribution in [2.75, 3.05) is 12.8 Å². The fraction of sp³-hybridized carbons (Fsp3) is 0.350. The van der Waals surface area contributed by atoms with Crippen LogP contribution in [0.15, 0.2) is 41.5 Å². The molecule has 0 saturated heterocycles. The molecule has 0 aliphatic heterocycles. The number of aromatic nitrogens is 5. The maximum Gasteiger partial charge on any atom is 0.349 e. The van der Waals surface area contributed by atoms with E-state index in [0.717, 1.165) is 31.4 Å². The number of nitrogens with zero attached hydrogens (tertiary/aromatic N) is 5. The topological polar surface area (TPSA) is 118 Å². The molecule has 2 aromatic heterocycles. The number of unbranched alkanes of at least 4 members (excludes halogenated alkanes) is 1. The normalized spacial score (nSPS) is 10.8. The number of carbonyl (C=O) groups is 1. The van der Waals surface area contributed by atoms with E-state index in [0.29, 0.717) is 17.8 Å². The summed E-state index contributed by atoms with van der Waals surface area (Å²) >= 11 is 0. The average Bonchev–Trinajstić information content (AvgIpc) is 3.16. The first-order valence-electron chi connectivity index (χ1n) is 9.36. The van der Waals surface area contributed by atoms with Gasteiger partial charge >= 0.3 is 11.7 Å². The lowest BCUT2D eigenvalue weighted by atomic mass is 10.1. The second-order valence-electron chi connectivity index (χ2n) is 6.84. The first kappa shape index (κ1) is 20.2. The Kier molecular flexibility index (Phi) is 6.38. The third-order valence-corrected chi connectivity index (χ3v) is 4.61. The molecular formula is C20H24N6O3. The van der Waals surface area contributed by atoms with E-state index >= 15 is 0 Å². The fourth-order valence-electron chi connectivity index (χ4n) is 2.95. The van der Waals surface area contributed by atoms with Gasteiger partial charge in [0.25, 0.3) is 0 Å². The van der Waals surface area contributed by atoms with Gasteiger partial charge < -0.3 is 10.5 Å². The van der Waals surface area contributed by atoms with E-state index in [1.165, 1.54) is 17.2 Å². The first-order chi connectivity index (χ1) is 14.0. The number of hydrogen-bond acceptors (Lipinski definition) is 7. The predicted molar refractivity (Wildman–Crippen MR) is 107 cm³/mol. The van der Waals surface area contributed by atoms with Crippen LogP contribution in [0.5, 0.6) is 0 Å². The summed E-state index contributed by atoms with van der Waals surface area (Å²) < 4.78 is 7.94. The Balaban J connectivity index is 1.48. The summed E-state index contributed by atoms with van der Waals surface area (Å²) in [4.78, 5) is 27.1. The van der Waals surface area contributed by atoms with Crippen molar-refractivity contribution in [3.8, 4) is 0 Å². The van der Waals surface area contributed by atoms with Crippen molar-refractivity contribution in [1.82, 2.24) is 24.5 Å². The Hall–Kier alpha value is -3.49. The Morgan fingerprint density at radius 1 is 1.17 bits per heavy atom. The number of rotatable bonds is 8. The van der Waals surface area contributed by atoms with Crippen LogP contribution in [-0.4, -0.2) is 37.6 Å². The molecule has 3 aromatic rings. The van der Waals surface area contributed by atoms with E-state index < -0.39 is 5.69 Å². The number of anilines is 1. The zero-order valence-electron chi connectivity index (χ0n) is 16.5. The molecule has 152 valence electrons. The number of aryl methyl sites for hydroxylation is 3. The van der Waals surface area contributed by atoms with Gasteiger partial charge in [0.15, 0.2) is 0 Å². The molecule has 2 heterocycles. The van der Waals surface area contributed by atoms with Crippen molar-refractivity contribution in [2.45, 2.75) is 39.3 Å². The summed E-state index contributed by atoms with van der Waals surface area (Å²) in [6.45, 7) is 2.85. The first-order valence-corrected chi connectivity index (χ1v) is 9.36. The molecule has 0 bridgehead atoms. The third-order valence-electron chi connectivity index (χ3n) is 4.61. The van der Waals surface area contributed by atoms with Gasteiger partial charge in [0.1, 0.15) is 11.5 Å². The van der Waals surface area contributed by atoms with Crippen molar-refractivity contribution in [3.63, 3.8) is 0 Å². The summed E-state index contributed by atoms with van der Waals surface area (Å²) in [6, 6.07) is 7.45. The molecule has 0 amide bonds. The van der Waals surface area contributed by atoms with Crippen LogP contribution >= 0.6 is 0 Å². The van der Waals surface area contributed by atoms with Crippen LogP contribution in [0.25, 0.3) is 0 Å². The smallest absolute Gasteiger partial charge is 0.349 e. The predicted octanol–water partition coefficient (Wildman–Crippen LogP) is 1.58. The Bertz CT molecular complexity index is 1040. The number of carbonyl (C=O) groups excluding carboxylic acids is 1. The Morgan fingerprint density at radius 2 is 1.93 bits per heavy atom. The summed E-state index contributed by atoms with van der Waals surface area (Å²) in [5, 5.41) is 8.25. The largest absolute Gasteiger partial charge is 0.465 e. The van der Waals surface area contributed by atoms with Crippen molar-refractivity contribution < 1.29 is 9.53 Å². The highest BCUT2D eigenvalue weighted by molar-refractivity contribution is 5.89. The van der Waals surface area contributed by atoms with Gasteiger partial charge in [-0.25, -0.2) is 9.59 Å². The van der Waals surface area contributed by atoms with Crippen molar-refractivity contribution in [1.29, 1.82) is 0 Å². The molecule has 0 radical (unpaired) electrons. The monoisotopic (exact) mass is 396 g/mol. The minimum Gasteiger partial charge on any atom is -0.465 e. The minimum atomic E-state index is -0.402. The average molecular weight is 396 g/mol. The number of hydrogen-bond donors (Lipinski definition) is 1. The zero-order valence-corrected chi connectivity index (χ0v) is 16.5. The van der Waals surface area contributed by atoms with Crippen molar-refractivity contribution in [3.05, 3.63) is 69.5 Å². The van der Waals surface area contributed by atoms with E-state index in [1.54, 1.807) is 29.9 Å². The molecule has 9 nitrogen and oxygen atoms in total. The Morgan fingerprint density at radius 3 is 2.66 bits per heavy atom. The van der Waals surface area contributed by atoms with Gasteiger partial charge in [0.05, 0.1) is 25.4 Å². The second-order valence-corrected chi connectivity index (χ2v) is 6.84. The van der Waals surface area contributed by atoms with Gasteiger partial charge in [-0.1, -0.05) is 17.3 Å². The molecule has 29 heavy (non-hydrogen) atoms. The number of benzene rings is 1. The zero-order chi connectivity index (χ0) is 20.8. The van der Waals surface area contributed by atoms with Gasteiger partial charge in [-0.15, -0.1) is 5.10 Å². The molecule has 0 fully saturated rings. The lowest BCUT2D eigenvalue weighted by Crippen LogP contribution is -2.24. The lowest BCUT2D eigenvalue weighted by molar-refractivity contribution is 0.0600. The molecule has 1 aromatic carbocycles. The van der Waals surface area contributed by atoms with E-state index in [-0.39, 0.29) is 11.8 Å². The van der Waals surface area contributed by atoms with Crippen LogP contribution in [0.2, 0.25) is 0 Å². The van der Waals surface area contributed by atoms with Crippen LogP contribution in [-0.2, 0) is 24.2 Å². The quantitative estimate of drug-likeness (QED) is 0.454. The standard InChI is InChI=1S/C20H24N6O3/c1-14-11-25(20(28)22-18(14)21)12-17-13-26(24-23-17)10-4-3-5-15-6-8-16(9-7-15)19(27)29-2/h6-9,11,13H,3-5,10,12H2,1-2H3,(H2,21,22,28). The van der Waals surface area contributed by atoms with Crippen molar-refractivity contribution >= 4 is 11.8 Å². The molecule has 0 unspecified atom stereocenters. The summed E-state index contributed by atoms with van der Waals surface area (Å²) in [7, 11) is 1.37. The number of nitrogen functional groups attached to an aromatic ring is 1. The minimum absolute atomic E-state index is 0.245. The number of esters is 1. The molecule has 2 N–H and O–H groups in total. The third kappa shape index (κ3) is 5.28. The van der Waals surface area contributed by atoms with Crippen LogP contribution in [0.4, 0.5) is 5.82 Å². The highest BCUT2D eigenvalue weighted by Crippen LogP contribution is 2.10.